The number of pyridine rings is 2. The molecule has 7 heteroatoms. The van der Waals surface area contributed by atoms with E-state index in [-0.39, 0.29) is 0 Å². The van der Waals surface area contributed by atoms with Gasteiger partial charge in [-0.05, 0) is 61.6 Å². The third kappa shape index (κ3) is 3.53. The van der Waals surface area contributed by atoms with Gasteiger partial charge in [-0.25, -0.2) is 0 Å². The molecule has 2 N–H and O–H groups in total. The second-order valence-corrected chi connectivity index (χ2v) is 8.42. The van der Waals surface area contributed by atoms with Gasteiger partial charge in [0.25, 0.3) is 5.91 Å². The molecule has 0 bridgehead atoms. The molecule has 7 nitrogen and oxygen atoms in total. The fraction of sp³-hybridized carbons (Fsp3) is 0.308. The van der Waals surface area contributed by atoms with Crippen molar-refractivity contribution < 1.29 is 9.53 Å². The summed E-state index contributed by atoms with van der Waals surface area (Å²) >= 11 is 0. The highest BCUT2D eigenvalue weighted by Gasteiger charge is 2.35. The molecule has 0 spiro atoms. The number of rotatable bonds is 7. The number of fused-ring (bicyclic) bond motifs is 2. The van der Waals surface area contributed by atoms with Crippen molar-refractivity contribution in [2.24, 2.45) is 5.73 Å². The van der Waals surface area contributed by atoms with Gasteiger partial charge in [0.1, 0.15) is 11.4 Å². The van der Waals surface area contributed by atoms with Crippen LogP contribution in [0.1, 0.15) is 38.8 Å². The Labute approximate surface area is 192 Å². The second kappa shape index (κ2) is 8.31. The first-order valence-electron chi connectivity index (χ1n) is 11.5. The van der Waals surface area contributed by atoms with Crippen LogP contribution in [-0.2, 0) is 17.8 Å². The number of hydrogen-bond donors (Lipinski definition) is 1. The number of nitrogens with zero attached hydrogens (tertiary/aromatic N) is 4. The lowest BCUT2D eigenvalue weighted by molar-refractivity contribution is -0.134. The van der Waals surface area contributed by atoms with Crippen LogP contribution >= 0.6 is 0 Å². The Kier molecular flexibility index (Phi) is 5.32. The molecule has 1 aliphatic rings. The first-order valence-corrected chi connectivity index (χ1v) is 11.5. The van der Waals surface area contributed by atoms with Crippen LogP contribution in [0.4, 0.5) is 0 Å². The zero-order valence-electron chi connectivity index (χ0n) is 18.9. The Bertz CT molecular complexity index is 1330. The Hall–Kier alpha value is -3.74. The molecule has 33 heavy (non-hydrogen) atoms. The largest absolute Gasteiger partial charge is 0.477 e. The number of amides is 1. The molecule has 0 fully saturated rings. The molecule has 0 unspecified atom stereocenters. The molecule has 5 rings (SSSR count). The van der Waals surface area contributed by atoms with Crippen molar-refractivity contribution in [3.05, 3.63) is 60.6 Å². The van der Waals surface area contributed by atoms with Gasteiger partial charge in [0.2, 0.25) is 0 Å². The summed E-state index contributed by atoms with van der Waals surface area (Å²) in [5.41, 5.74) is 10.6. The zero-order valence-corrected chi connectivity index (χ0v) is 18.9. The lowest BCUT2D eigenvalue weighted by atomic mass is 9.95. The first-order chi connectivity index (χ1) is 16.1. The molecule has 4 heterocycles. The second-order valence-electron chi connectivity index (χ2n) is 8.42. The van der Waals surface area contributed by atoms with E-state index in [0.717, 1.165) is 52.8 Å². The lowest BCUT2D eigenvalue weighted by Gasteiger charge is -2.29. The minimum atomic E-state index is -1.02. The Morgan fingerprint density at radius 3 is 2.70 bits per heavy atom. The molecule has 168 valence electrons. The van der Waals surface area contributed by atoms with Crippen LogP contribution in [0.5, 0.6) is 5.75 Å². The minimum absolute atomic E-state index is 0.454. The predicted molar refractivity (Wildman–Crippen MR) is 128 cm³/mol. The Morgan fingerprint density at radius 1 is 1.12 bits per heavy atom. The number of primary amides is 1. The molecule has 0 radical (unpaired) electrons. The van der Waals surface area contributed by atoms with Gasteiger partial charge in [-0.1, -0.05) is 19.9 Å². The van der Waals surface area contributed by atoms with Crippen LogP contribution in [-0.4, -0.2) is 31.3 Å². The average molecular weight is 442 g/mol. The molecule has 1 amide bonds. The summed E-state index contributed by atoms with van der Waals surface area (Å²) in [5, 5.41) is 5.91. The molecule has 0 saturated carbocycles. The van der Waals surface area contributed by atoms with Crippen molar-refractivity contribution >= 4 is 16.8 Å². The highest BCUT2D eigenvalue weighted by molar-refractivity contribution is 5.99. The summed E-state index contributed by atoms with van der Waals surface area (Å²) in [6.45, 7) is 4.73. The van der Waals surface area contributed by atoms with Gasteiger partial charge in [-0.2, -0.15) is 5.10 Å². The maximum Gasteiger partial charge on any atom is 0.261 e. The quantitative estimate of drug-likeness (QED) is 0.455. The van der Waals surface area contributed by atoms with E-state index in [1.807, 2.05) is 62.5 Å². The number of carbonyl (C=O) groups excluding carboxylic acids is 1. The molecule has 0 atom stereocenters. The number of hydrogen-bond acceptors (Lipinski definition) is 5. The van der Waals surface area contributed by atoms with E-state index in [1.165, 1.54) is 5.69 Å². The van der Waals surface area contributed by atoms with Crippen LogP contribution < -0.4 is 10.5 Å². The maximum atomic E-state index is 12.1. The van der Waals surface area contributed by atoms with E-state index >= 15 is 0 Å². The van der Waals surface area contributed by atoms with Crippen LogP contribution in [0.25, 0.3) is 33.4 Å². The van der Waals surface area contributed by atoms with Crippen molar-refractivity contribution in [2.45, 2.75) is 51.7 Å². The third-order valence-electron chi connectivity index (χ3n) is 6.64. The standard InChI is InChI=1S/C26H27N5O2/c1-3-26(4-2,25(27)32)33-17-10-11-18-19(12-14-29-21(18)16-17)23-22-9-7-15-31(22)30-24(23)20-8-5-6-13-28-20/h5-6,8,10-14,16H,3-4,7,9,15H2,1-2H3,(H2,27,32). The summed E-state index contributed by atoms with van der Waals surface area (Å²) in [7, 11) is 0. The molecular weight excluding hydrogens is 414 g/mol. The topological polar surface area (TPSA) is 95.9 Å². The van der Waals surface area contributed by atoms with Gasteiger partial charge < -0.3 is 10.5 Å². The van der Waals surface area contributed by atoms with Crippen molar-refractivity contribution in [3.8, 4) is 28.3 Å². The van der Waals surface area contributed by atoms with E-state index in [0.29, 0.717) is 18.6 Å². The highest BCUT2D eigenvalue weighted by atomic mass is 16.5. The fourth-order valence-electron chi connectivity index (χ4n) is 4.73. The maximum absolute atomic E-state index is 12.1. The number of benzene rings is 1. The van der Waals surface area contributed by atoms with Gasteiger partial charge >= 0.3 is 0 Å². The smallest absolute Gasteiger partial charge is 0.261 e. The SMILES string of the molecule is CCC(CC)(Oc1ccc2c(-c3c(-c4ccccn4)nn4c3CCC4)ccnc2c1)C(N)=O. The van der Waals surface area contributed by atoms with Gasteiger partial charge in [0.15, 0.2) is 5.60 Å². The third-order valence-corrected chi connectivity index (χ3v) is 6.64. The van der Waals surface area contributed by atoms with Crippen LogP contribution in [0.15, 0.2) is 54.9 Å². The van der Waals surface area contributed by atoms with Gasteiger partial charge in [-0.3, -0.25) is 19.4 Å². The Balaban J connectivity index is 1.64. The lowest BCUT2D eigenvalue weighted by Crippen LogP contribution is -2.48. The van der Waals surface area contributed by atoms with Crippen LogP contribution in [0, 0.1) is 0 Å². The summed E-state index contributed by atoms with van der Waals surface area (Å²) < 4.78 is 8.23. The van der Waals surface area contributed by atoms with Gasteiger partial charge in [-0.15, -0.1) is 0 Å². The van der Waals surface area contributed by atoms with E-state index in [9.17, 15) is 4.79 Å². The molecule has 4 aromatic rings. The molecule has 1 aromatic carbocycles. The first kappa shape index (κ1) is 21.1. The molecular formula is C26H27N5O2. The molecule has 0 aliphatic carbocycles. The number of aromatic nitrogens is 4. The molecule has 1 aliphatic heterocycles. The number of ether oxygens (including phenoxy) is 1. The monoisotopic (exact) mass is 441 g/mol. The molecule has 3 aromatic heterocycles. The van der Waals surface area contributed by atoms with Crippen molar-refractivity contribution in [3.63, 3.8) is 0 Å². The van der Waals surface area contributed by atoms with E-state index < -0.39 is 11.5 Å². The number of carbonyl (C=O) groups is 1. The van der Waals surface area contributed by atoms with E-state index in [2.05, 4.69) is 14.6 Å². The van der Waals surface area contributed by atoms with Gasteiger partial charge in [0.05, 0.1) is 11.2 Å². The van der Waals surface area contributed by atoms with Gasteiger partial charge in [0, 0.05) is 41.6 Å². The van der Waals surface area contributed by atoms with Crippen molar-refractivity contribution in [1.82, 2.24) is 19.7 Å². The highest BCUT2D eigenvalue weighted by Crippen LogP contribution is 2.40. The average Bonchev–Trinajstić information content (AvgIpc) is 3.44. The fourth-order valence-corrected chi connectivity index (χ4v) is 4.73. The zero-order chi connectivity index (χ0) is 23.0. The number of nitrogens with two attached hydrogens (primary N) is 1. The van der Waals surface area contributed by atoms with E-state index in [1.54, 1.807) is 6.20 Å². The minimum Gasteiger partial charge on any atom is -0.477 e. The summed E-state index contributed by atoms with van der Waals surface area (Å²) in [6.07, 6.45) is 6.67. The van der Waals surface area contributed by atoms with E-state index in [4.69, 9.17) is 15.6 Å². The van der Waals surface area contributed by atoms with Crippen LogP contribution in [0.3, 0.4) is 0 Å². The Morgan fingerprint density at radius 2 is 1.97 bits per heavy atom. The van der Waals surface area contributed by atoms with Crippen molar-refractivity contribution in [2.75, 3.05) is 0 Å². The van der Waals surface area contributed by atoms with Crippen LogP contribution in [0.2, 0.25) is 0 Å². The summed E-state index contributed by atoms with van der Waals surface area (Å²) in [5.74, 6) is 0.129. The predicted octanol–water partition coefficient (Wildman–Crippen LogP) is 4.53. The summed E-state index contributed by atoms with van der Waals surface area (Å²) in [4.78, 5) is 21.3. The summed E-state index contributed by atoms with van der Waals surface area (Å²) in [6, 6.07) is 13.7. The normalized spacial score (nSPS) is 13.3. The van der Waals surface area contributed by atoms with Crippen molar-refractivity contribution in [1.29, 1.82) is 0 Å². The molecule has 0 saturated heterocycles. The number of aryl methyl sites for hydroxylation is 1.